The molecule has 0 aliphatic carbocycles. The quantitative estimate of drug-likeness (QED) is 0.794. The van der Waals surface area contributed by atoms with Crippen molar-refractivity contribution >= 4 is 0 Å². The van der Waals surface area contributed by atoms with E-state index in [4.69, 9.17) is 10.5 Å². The van der Waals surface area contributed by atoms with Crippen molar-refractivity contribution in [3.63, 3.8) is 0 Å². The van der Waals surface area contributed by atoms with Gasteiger partial charge in [0.05, 0.1) is 19.3 Å². The van der Waals surface area contributed by atoms with Crippen molar-refractivity contribution in [2.24, 2.45) is 5.73 Å². The van der Waals surface area contributed by atoms with E-state index in [0.717, 1.165) is 12.1 Å². The molecule has 1 saturated heterocycles. The van der Waals surface area contributed by atoms with Gasteiger partial charge in [0.2, 0.25) is 0 Å². The van der Waals surface area contributed by atoms with Gasteiger partial charge in [-0.05, 0) is 37.1 Å². The van der Waals surface area contributed by atoms with Gasteiger partial charge in [-0.1, -0.05) is 30.7 Å². The summed E-state index contributed by atoms with van der Waals surface area (Å²) in [7, 11) is 0. The van der Waals surface area contributed by atoms with Crippen molar-refractivity contribution in [2.45, 2.75) is 38.5 Å². The molecule has 1 aliphatic heterocycles. The van der Waals surface area contributed by atoms with Gasteiger partial charge in [-0.2, -0.15) is 0 Å². The number of ether oxygens (including phenoxy) is 1. The lowest BCUT2D eigenvalue weighted by Gasteiger charge is -2.26. The summed E-state index contributed by atoms with van der Waals surface area (Å²) in [6, 6.07) is 8.52. The van der Waals surface area contributed by atoms with E-state index in [1.165, 1.54) is 37.9 Å². The Kier molecular flexibility index (Phi) is 6.47. The third-order valence-corrected chi connectivity index (χ3v) is 3.70. The first kappa shape index (κ1) is 15.4. The molecule has 20 heavy (non-hydrogen) atoms. The zero-order valence-corrected chi connectivity index (χ0v) is 12.1. The van der Waals surface area contributed by atoms with Crippen LogP contribution in [0.5, 0.6) is 0 Å². The summed E-state index contributed by atoms with van der Waals surface area (Å²) in [5.74, 6) is 0. The van der Waals surface area contributed by atoms with Crippen molar-refractivity contribution in [1.29, 1.82) is 0 Å². The average Bonchev–Trinajstić information content (AvgIpc) is 2.48. The van der Waals surface area contributed by atoms with Crippen molar-refractivity contribution in [2.75, 3.05) is 26.2 Å². The van der Waals surface area contributed by atoms with Crippen LogP contribution in [0, 0.1) is 0 Å². The highest BCUT2D eigenvalue weighted by Gasteiger charge is 2.10. The Morgan fingerprint density at radius 2 is 1.95 bits per heavy atom. The molecule has 1 aromatic rings. The highest BCUT2D eigenvalue weighted by molar-refractivity contribution is 5.23. The molecular formula is C16H26N2O2. The smallest absolute Gasteiger partial charge is 0.0895 e. The minimum absolute atomic E-state index is 0.245. The zero-order chi connectivity index (χ0) is 14.2. The first-order valence-electron chi connectivity index (χ1n) is 7.54. The number of aliphatic hydroxyl groups is 1. The summed E-state index contributed by atoms with van der Waals surface area (Å²) in [4.78, 5) is 2.52. The van der Waals surface area contributed by atoms with Gasteiger partial charge in [0.1, 0.15) is 0 Å². The highest BCUT2D eigenvalue weighted by Crippen LogP contribution is 2.14. The molecule has 2 rings (SSSR count). The number of benzene rings is 1. The van der Waals surface area contributed by atoms with E-state index in [1.807, 2.05) is 0 Å². The standard InChI is InChI=1S/C16H26N2O2/c17-10-16(19)13-20-12-15-6-4-5-14(9-15)11-18-7-2-1-3-8-18/h4-6,9,16,19H,1-3,7-8,10-13,17H2. The third kappa shape index (κ3) is 5.21. The van der Waals surface area contributed by atoms with Crippen LogP contribution in [0.1, 0.15) is 30.4 Å². The first-order valence-corrected chi connectivity index (χ1v) is 7.54. The van der Waals surface area contributed by atoms with Gasteiger partial charge in [0.25, 0.3) is 0 Å². The highest BCUT2D eigenvalue weighted by atomic mass is 16.5. The summed E-state index contributed by atoms with van der Waals surface area (Å²) in [5.41, 5.74) is 7.84. The van der Waals surface area contributed by atoms with Crippen LogP contribution < -0.4 is 5.73 Å². The van der Waals surface area contributed by atoms with Gasteiger partial charge in [0.15, 0.2) is 0 Å². The molecule has 1 heterocycles. The Hall–Kier alpha value is -0.940. The van der Waals surface area contributed by atoms with Crippen LogP contribution in [0.15, 0.2) is 24.3 Å². The largest absolute Gasteiger partial charge is 0.389 e. The number of piperidine rings is 1. The summed E-state index contributed by atoms with van der Waals surface area (Å²) in [5, 5.41) is 9.35. The van der Waals surface area contributed by atoms with Crippen LogP contribution in [0.2, 0.25) is 0 Å². The first-order chi connectivity index (χ1) is 9.78. The molecule has 0 radical (unpaired) electrons. The molecule has 0 aromatic heterocycles. The van der Waals surface area contributed by atoms with E-state index in [9.17, 15) is 5.11 Å². The Balaban J connectivity index is 1.80. The fourth-order valence-corrected chi connectivity index (χ4v) is 2.57. The molecule has 1 atom stereocenters. The van der Waals surface area contributed by atoms with Crippen molar-refractivity contribution in [3.05, 3.63) is 35.4 Å². The predicted molar refractivity (Wildman–Crippen MR) is 80.3 cm³/mol. The summed E-state index contributed by atoms with van der Waals surface area (Å²) in [6.07, 6.45) is 3.44. The Labute approximate surface area is 121 Å². The Morgan fingerprint density at radius 3 is 2.70 bits per heavy atom. The summed E-state index contributed by atoms with van der Waals surface area (Å²) < 4.78 is 5.47. The second-order valence-electron chi connectivity index (χ2n) is 5.56. The molecule has 4 heteroatoms. The van der Waals surface area contributed by atoms with Crippen molar-refractivity contribution < 1.29 is 9.84 Å². The maximum absolute atomic E-state index is 9.35. The molecule has 3 N–H and O–H groups in total. The second-order valence-corrected chi connectivity index (χ2v) is 5.56. The predicted octanol–water partition coefficient (Wildman–Crippen LogP) is 1.51. The minimum atomic E-state index is -0.563. The van der Waals surface area contributed by atoms with Gasteiger partial charge in [-0.15, -0.1) is 0 Å². The molecule has 112 valence electrons. The lowest BCUT2D eigenvalue weighted by Crippen LogP contribution is -2.29. The van der Waals surface area contributed by atoms with Gasteiger partial charge < -0.3 is 15.6 Å². The molecule has 1 fully saturated rings. The number of hydrogen-bond donors (Lipinski definition) is 2. The molecule has 0 spiro atoms. The van der Waals surface area contributed by atoms with Gasteiger partial charge in [0, 0.05) is 13.1 Å². The fraction of sp³-hybridized carbons (Fsp3) is 0.625. The van der Waals surface area contributed by atoms with Crippen molar-refractivity contribution in [3.8, 4) is 0 Å². The molecule has 0 bridgehead atoms. The van der Waals surface area contributed by atoms with E-state index in [0.29, 0.717) is 13.2 Å². The van der Waals surface area contributed by atoms with Crippen LogP contribution in [-0.4, -0.2) is 42.4 Å². The second kappa shape index (κ2) is 8.37. The third-order valence-electron chi connectivity index (χ3n) is 3.70. The lowest BCUT2D eigenvalue weighted by molar-refractivity contribution is 0.0329. The van der Waals surface area contributed by atoms with Crippen LogP contribution in [0.4, 0.5) is 0 Å². The minimum Gasteiger partial charge on any atom is -0.389 e. The van der Waals surface area contributed by atoms with Crippen molar-refractivity contribution in [1.82, 2.24) is 4.90 Å². The number of nitrogens with zero attached hydrogens (tertiary/aromatic N) is 1. The summed E-state index contributed by atoms with van der Waals surface area (Å²) >= 11 is 0. The molecule has 1 aromatic carbocycles. The van der Waals surface area contributed by atoms with E-state index in [1.54, 1.807) is 0 Å². The maximum Gasteiger partial charge on any atom is 0.0895 e. The number of aliphatic hydroxyl groups excluding tert-OH is 1. The zero-order valence-electron chi connectivity index (χ0n) is 12.1. The Morgan fingerprint density at radius 1 is 1.20 bits per heavy atom. The normalized spacial score (nSPS) is 18.1. The molecule has 0 saturated carbocycles. The number of nitrogens with two attached hydrogens (primary N) is 1. The molecule has 1 unspecified atom stereocenters. The van der Waals surface area contributed by atoms with Crippen LogP contribution in [0.3, 0.4) is 0 Å². The van der Waals surface area contributed by atoms with Crippen LogP contribution in [0.25, 0.3) is 0 Å². The van der Waals surface area contributed by atoms with E-state index in [2.05, 4.69) is 29.2 Å². The average molecular weight is 278 g/mol. The topological polar surface area (TPSA) is 58.7 Å². The Bertz CT molecular complexity index is 392. The SMILES string of the molecule is NCC(O)COCc1cccc(CN2CCCCC2)c1. The van der Waals surface area contributed by atoms with Gasteiger partial charge in [-0.25, -0.2) is 0 Å². The lowest BCUT2D eigenvalue weighted by atomic mass is 10.1. The molecule has 1 aliphatic rings. The van der Waals surface area contributed by atoms with Gasteiger partial charge >= 0.3 is 0 Å². The van der Waals surface area contributed by atoms with Gasteiger partial charge in [-0.3, -0.25) is 4.90 Å². The number of hydrogen-bond acceptors (Lipinski definition) is 4. The number of likely N-dealkylation sites (tertiary alicyclic amines) is 1. The summed E-state index contributed by atoms with van der Waals surface area (Å²) in [6.45, 7) is 4.53. The molecule has 4 nitrogen and oxygen atoms in total. The van der Waals surface area contributed by atoms with E-state index < -0.39 is 6.10 Å². The molecular weight excluding hydrogens is 252 g/mol. The van der Waals surface area contributed by atoms with Crippen LogP contribution in [-0.2, 0) is 17.9 Å². The van der Waals surface area contributed by atoms with Crippen LogP contribution >= 0.6 is 0 Å². The maximum atomic E-state index is 9.35. The monoisotopic (exact) mass is 278 g/mol. The molecule has 0 amide bonds. The number of rotatable bonds is 7. The fourth-order valence-electron chi connectivity index (χ4n) is 2.57. The van der Waals surface area contributed by atoms with E-state index >= 15 is 0 Å². The van der Waals surface area contributed by atoms with E-state index in [-0.39, 0.29) is 6.54 Å².